The number of hydrogen-bond acceptors (Lipinski definition) is 3. The summed E-state index contributed by atoms with van der Waals surface area (Å²) in [6, 6.07) is -0.111. The van der Waals surface area contributed by atoms with Crippen molar-refractivity contribution in [3.05, 3.63) is 0 Å². The molecule has 0 spiro atoms. The molecule has 0 saturated heterocycles. The maximum absolute atomic E-state index is 11.3. The van der Waals surface area contributed by atoms with E-state index in [2.05, 4.69) is 19.2 Å². The Hall–Kier alpha value is -0.610. The molecule has 0 rings (SSSR count). The second-order valence-corrected chi connectivity index (χ2v) is 3.97. The van der Waals surface area contributed by atoms with Crippen molar-refractivity contribution in [2.45, 2.75) is 39.2 Å². The van der Waals surface area contributed by atoms with E-state index < -0.39 is 0 Å². The summed E-state index contributed by atoms with van der Waals surface area (Å²) >= 11 is 0. The minimum Gasteiger partial charge on any atom is -0.394 e. The van der Waals surface area contributed by atoms with Crippen LogP contribution in [0.2, 0.25) is 0 Å². The van der Waals surface area contributed by atoms with Crippen LogP contribution in [0.3, 0.4) is 0 Å². The fourth-order valence-electron chi connectivity index (χ4n) is 1.31. The van der Waals surface area contributed by atoms with Crippen LogP contribution in [0.15, 0.2) is 0 Å². The van der Waals surface area contributed by atoms with Crippen molar-refractivity contribution in [3.8, 4) is 0 Å². The number of nitrogens with one attached hydrogen (secondary N) is 1. The van der Waals surface area contributed by atoms with Gasteiger partial charge in [-0.2, -0.15) is 0 Å². The van der Waals surface area contributed by atoms with E-state index in [0.29, 0.717) is 25.3 Å². The van der Waals surface area contributed by atoms with Crippen LogP contribution < -0.4 is 11.1 Å². The Kier molecular flexibility index (Phi) is 7.42. The standard InChI is InChI=1S/C10H22N2O2/c1-8(2)6-9(7-13)12-10(14)4-3-5-11/h8-9,13H,3-7,11H2,1-2H3,(H,12,14). The molecule has 0 radical (unpaired) electrons. The van der Waals surface area contributed by atoms with Crippen molar-refractivity contribution in [2.75, 3.05) is 13.2 Å². The zero-order valence-electron chi connectivity index (χ0n) is 9.12. The summed E-state index contributed by atoms with van der Waals surface area (Å²) in [5.74, 6) is 0.456. The first kappa shape index (κ1) is 13.4. The zero-order chi connectivity index (χ0) is 11.0. The minimum absolute atomic E-state index is 0.00649. The fraction of sp³-hybridized carbons (Fsp3) is 0.900. The van der Waals surface area contributed by atoms with Gasteiger partial charge in [0.1, 0.15) is 0 Å². The van der Waals surface area contributed by atoms with Crippen molar-refractivity contribution < 1.29 is 9.90 Å². The third kappa shape index (κ3) is 6.86. The zero-order valence-corrected chi connectivity index (χ0v) is 9.12. The van der Waals surface area contributed by atoms with Crippen LogP contribution in [-0.4, -0.2) is 30.2 Å². The maximum Gasteiger partial charge on any atom is 0.220 e. The van der Waals surface area contributed by atoms with Crippen LogP contribution >= 0.6 is 0 Å². The number of aliphatic hydroxyl groups excluding tert-OH is 1. The van der Waals surface area contributed by atoms with Gasteiger partial charge in [-0.05, 0) is 25.3 Å². The number of nitrogens with two attached hydrogens (primary N) is 1. The van der Waals surface area contributed by atoms with Gasteiger partial charge >= 0.3 is 0 Å². The van der Waals surface area contributed by atoms with Gasteiger partial charge in [-0.1, -0.05) is 13.8 Å². The molecule has 0 aromatic carbocycles. The molecule has 0 fully saturated rings. The van der Waals surface area contributed by atoms with E-state index >= 15 is 0 Å². The first-order chi connectivity index (χ1) is 6.60. The van der Waals surface area contributed by atoms with E-state index in [-0.39, 0.29) is 18.6 Å². The van der Waals surface area contributed by atoms with E-state index in [9.17, 15) is 4.79 Å². The number of amides is 1. The predicted molar refractivity (Wildman–Crippen MR) is 56.8 cm³/mol. The molecule has 0 aromatic rings. The van der Waals surface area contributed by atoms with Gasteiger partial charge < -0.3 is 16.2 Å². The van der Waals surface area contributed by atoms with E-state index in [1.54, 1.807) is 0 Å². The molecule has 0 aliphatic carbocycles. The highest BCUT2D eigenvalue weighted by Gasteiger charge is 2.12. The molecule has 4 heteroatoms. The summed E-state index contributed by atoms with van der Waals surface area (Å²) in [5, 5.41) is 11.8. The minimum atomic E-state index is -0.111. The number of hydrogen-bond donors (Lipinski definition) is 3. The van der Waals surface area contributed by atoms with Gasteiger partial charge in [-0.15, -0.1) is 0 Å². The van der Waals surface area contributed by atoms with Gasteiger partial charge in [0.2, 0.25) is 5.91 Å². The highest BCUT2D eigenvalue weighted by molar-refractivity contribution is 5.76. The van der Waals surface area contributed by atoms with Gasteiger partial charge in [0.05, 0.1) is 12.6 Å². The van der Waals surface area contributed by atoms with Crippen molar-refractivity contribution in [2.24, 2.45) is 11.7 Å². The summed E-state index contributed by atoms with van der Waals surface area (Å²) in [6.45, 7) is 4.66. The summed E-state index contributed by atoms with van der Waals surface area (Å²) in [6.07, 6.45) is 1.96. The second-order valence-electron chi connectivity index (χ2n) is 3.97. The Morgan fingerprint density at radius 2 is 2.14 bits per heavy atom. The molecule has 1 atom stereocenters. The molecular formula is C10H22N2O2. The van der Waals surface area contributed by atoms with Gasteiger partial charge in [-0.25, -0.2) is 0 Å². The molecule has 0 saturated carbocycles. The Morgan fingerprint density at radius 1 is 1.50 bits per heavy atom. The molecule has 14 heavy (non-hydrogen) atoms. The molecule has 0 aliphatic heterocycles. The Morgan fingerprint density at radius 3 is 2.57 bits per heavy atom. The van der Waals surface area contributed by atoms with Crippen LogP contribution in [0, 0.1) is 5.92 Å². The third-order valence-electron chi connectivity index (χ3n) is 1.95. The lowest BCUT2D eigenvalue weighted by Crippen LogP contribution is -2.38. The Balaban J connectivity index is 3.74. The van der Waals surface area contributed by atoms with E-state index in [0.717, 1.165) is 6.42 Å². The number of rotatable bonds is 7. The lowest BCUT2D eigenvalue weighted by atomic mass is 10.0. The molecule has 4 N–H and O–H groups in total. The molecule has 4 nitrogen and oxygen atoms in total. The average Bonchev–Trinajstić information content (AvgIpc) is 2.12. The van der Waals surface area contributed by atoms with Crippen molar-refractivity contribution in [1.82, 2.24) is 5.32 Å². The average molecular weight is 202 g/mol. The molecular weight excluding hydrogens is 180 g/mol. The Bertz CT molecular complexity index is 160. The molecule has 1 amide bonds. The molecule has 0 bridgehead atoms. The largest absolute Gasteiger partial charge is 0.394 e. The molecule has 0 aliphatic rings. The first-order valence-electron chi connectivity index (χ1n) is 5.20. The normalized spacial score (nSPS) is 12.9. The second kappa shape index (κ2) is 7.76. The topological polar surface area (TPSA) is 75.3 Å². The van der Waals surface area contributed by atoms with Crippen LogP contribution in [0.25, 0.3) is 0 Å². The van der Waals surface area contributed by atoms with Crippen LogP contribution in [0.4, 0.5) is 0 Å². The summed E-state index contributed by atoms with van der Waals surface area (Å²) < 4.78 is 0. The van der Waals surface area contributed by atoms with E-state index in [4.69, 9.17) is 10.8 Å². The SMILES string of the molecule is CC(C)CC(CO)NC(=O)CCCN. The smallest absolute Gasteiger partial charge is 0.220 e. The van der Waals surface area contributed by atoms with Gasteiger partial charge in [0.25, 0.3) is 0 Å². The first-order valence-corrected chi connectivity index (χ1v) is 5.20. The monoisotopic (exact) mass is 202 g/mol. The van der Waals surface area contributed by atoms with Crippen LogP contribution in [0.1, 0.15) is 33.1 Å². The summed E-state index contributed by atoms with van der Waals surface area (Å²) in [5.41, 5.74) is 5.29. The predicted octanol–water partition coefficient (Wildman–Crippen LogP) is 0.249. The molecule has 0 heterocycles. The van der Waals surface area contributed by atoms with Crippen molar-refractivity contribution >= 4 is 5.91 Å². The van der Waals surface area contributed by atoms with Gasteiger partial charge in [0.15, 0.2) is 0 Å². The maximum atomic E-state index is 11.3. The lowest BCUT2D eigenvalue weighted by Gasteiger charge is -2.18. The highest BCUT2D eigenvalue weighted by Crippen LogP contribution is 2.04. The molecule has 0 aromatic heterocycles. The highest BCUT2D eigenvalue weighted by atomic mass is 16.3. The van der Waals surface area contributed by atoms with E-state index in [1.165, 1.54) is 0 Å². The molecule has 84 valence electrons. The number of aliphatic hydroxyl groups is 1. The van der Waals surface area contributed by atoms with Crippen molar-refractivity contribution in [3.63, 3.8) is 0 Å². The van der Waals surface area contributed by atoms with Gasteiger partial charge in [0, 0.05) is 6.42 Å². The molecule has 1 unspecified atom stereocenters. The lowest BCUT2D eigenvalue weighted by molar-refractivity contribution is -0.122. The van der Waals surface area contributed by atoms with Crippen LogP contribution in [0.5, 0.6) is 0 Å². The third-order valence-corrected chi connectivity index (χ3v) is 1.95. The van der Waals surface area contributed by atoms with E-state index in [1.807, 2.05) is 0 Å². The summed E-state index contributed by atoms with van der Waals surface area (Å²) in [7, 11) is 0. The Labute approximate surface area is 85.9 Å². The van der Waals surface area contributed by atoms with Gasteiger partial charge in [-0.3, -0.25) is 4.79 Å². The quantitative estimate of drug-likeness (QED) is 0.554. The number of carbonyl (C=O) groups excluding carboxylic acids is 1. The summed E-state index contributed by atoms with van der Waals surface area (Å²) in [4.78, 5) is 11.3. The fourth-order valence-corrected chi connectivity index (χ4v) is 1.31. The van der Waals surface area contributed by atoms with Crippen LogP contribution in [-0.2, 0) is 4.79 Å². The number of carbonyl (C=O) groups is 1. The van der Waals surface area contributed by atoms with Crippen molar-refractivity contribution in [1.29, 1.82) is 0 Å².